The van der Waals surface area contributed by atoms with Gasteiger partial charge >= 0.3 is 0 Å². The van der Waals surface area contributed by atoms with Crippen LogP contribution in [-0.2, 0) is 0 Å². The summed E-state index contributed by atoms with van der Waals surface area (Å²) in [5, 5.41) is 7.53. The second-order valence-electron chi connectivity index (χ2n) is 11.1. The van der Waals surface area contributed by atoms with E-state index in [0.29, 0.717) is 0 Å². The summed E-state index contributed by atoms with van der Waals surface area (Å²) in [6, 6.07) is 50.2. The van der Waals surface area contributed by atoms with Crippen molar-refractivity contribution >= 4 is 32.3 Å². The van der Waals surface area contributed by atoms with E-state index in [2.05, 4.69) is 138 Å². The summed E-state index contributed by atoms with van der Waals surface area (Å²) in [5.74, 6) is 0. The topological polar surface area (TPSA) is 25.8 Å². The zero-order chi connectivity index (χ0) is 28.8. The van der Waals surface area contributed by atoms with Gasteiger partial charge in [-0.25, -0.2) is 0 Å². The number of pyridine rings is 2. The van der Waals surface area contributed by atoms with Crippen LogP contribution in [0.5, 0.6) is 0 Å². The molecule has 2 nitrogen and oxygen atoms in total. The maximum absolute atomic E-state index is 4.82. The second kappa shape index (κ2) is 10.3. The minimum atomic E-state index is 0.937. The van der Waals surface area contributed by atoms with Gasteiger partial charge in [-0.3, -0.25) is 9.97 Å². The van der Waals surface area contributed by atoms with E-state index >= 15 is 0 Å². The molecule has 0 bridgehead atoms. The summed E-state index contributed by atoms with van der Waals surface area (Å²) >= 11 is 0. The summed E-state index contributed by atoms with van der Waals surface area (Å²) in [7, 11) is 0. The average Bonchev–Trinajstić information content (AvgIpc) is 3.07. The Kier molecular flexibility index (Phi) is 6.05. The minimum Gasteiger partial charge on any atom is -0.261 e. The van der Waals surface area contributed by atoms with Crippen molar-refractivity contribution in [3.63, 3.8) is 0 Å². The van der Waals surface area contributed by atoms with Gasteiger partial charge in [-0.1, -0.05) is 109 Å². The van der Waals surface area contributed by atoms with Crippen LogP contribution in [0.4, 0.5) is 0 Å². The second-order valence-corrected chi connectivity index (χ2v) is 11.1. The maximum atomic E-state index is 4.82. The van der Waals surface area contributed by atoms with Crippen LogP contribution in [0.25, 0.3) is 77.0 Å². The first-order valence-corrected chi connectivity index (χ1v) is 14.7. The Hall–Kier alpha value is -5.60. The number of hydrogen-bond donors (Lipinski definition) is 0. The third kappa shape index (κ3) is 4.36. The molecule has 2 heterocycles. The Labute approximate surface area is 251 Å². The molecule has 0 atom stereocenters. The highest BCUT2D eigenvalue weighted by Crippen LogP contribution is 2.44. The molecule has 0 N–H and O–H groups in total. The fourth-order valence-corrected chi connectivity index (χ4v) is 6.43. The lowest BCUT2D eigenvalue weighted by Gasteiger charge is -2.18. The van der Waals surface area contributed by atoms with Gasteiger partial charge in [0.25, 0.3) is 0 Å². The first-order valence-electron chi connectivity index (χ1n) is 14.7. The van der Waals surface area contributed by atoms with E-state index in [-0.39, 0.29) is 0 Å². The van der Waals surface area contributed by atoms with E-state index in [9.17, 15) is 0 Å². The Morgan fingerprint density at radius 2 is 1.02 bits per heavy atom. The van der Waals surface area contributed by atoms with Crippen LogP contribution in [0.15, 0.2) is 152 Å². The van der Waals surface area contributed by atoms with Crippen LogP contribution in [0.1, 0.15) is 5.69 Å². The number of rotatable bonds is 4. The Balaban J connectivity index is 1.31. The molecule has 2 heteroatoms. The van der Waals surface area contributed by atoms with E-state index in [0.717, 1.165) is 28.1 Å². The van der Waals surface area contributed by atoms with Gasteiger partial charge in [-0.15, -0.1) is 0 Å². The summed E-state index contributed by atoms with van der Waals surface area (Å²) in [6.07, 6.45) is 3.79. The van der Waals surface area contributed by atoms with Crippen molar-refractivity contribution in [3.05, 3.63) is 158 Å². The zero-order valence-electron chi connectivity index (χ0n) is 23.8. The minimum absolute atomic E-state index is 0.937. The number of aromatic nitrogens is 2. The highest BCUT2D eigenvalue weighted by Gasteiger charge is 2.17. The fourth-order valence-electron chi connectivity index (χ4n) is 6.43. The molecule has 202 valence electrons. The fraction of sp³-hybridized carbons (Fsp3) is 0.0244. The number of nitrogens with zero attached hydrogens (tertiary/aromatic N) is 2. The third-order valence-electron chi connectivity index (χ3n) is 8.50. The van der Waals surface area contributed by atoms with E-state index in [1.54, 1.807) is 0 Å². The van der Waals surface area contributed by atoms with Gasteiger partial charge in [0.1, 0.15) is 0 Å². The monoisotopic (exact) mass is 548 g/mol. The van der Waals surface area contributed by atoms with E-state index in [1.165, 1.54) is 54.6 Å². The lowest BCUT2D eigenvalue weighted by Crippen LogP contribution is -1.92. The van der Waals surface area contributed by atoms with Crippen LogP contribution in [-0.4, -0.2) is 9.97 Å². The van der Waals surface area contributed by atoms with Gasteiger partial charge in [0, 0.05) is 29.2 Å². The number of hydrogen-bond acceptors (Lipinski definition) is 2. The number of fused-ring (bicyclic) bond motifs is 3. The number of benzene rings is 6. The molecule has 0 aliphatic rings. The molecule has 0 spiro atoms. The van der Waals surface area contributed by atoms with Gasteiger partial charge in [0.2, 0.25) is 0 Å². The van der Waals surface area contributed by atoms with Crippen LogP contribution in [0.2, 0.25) is 0 Å². The zero-order valence-corrected chi connectivity index (χ0v) is 23.8. The van der Waals surface area contributed by atoms with E-state index in [1.807, 2.05) is 25.4 Å². The molecule has 0 saturated heterocycles. The molecule has 0 saturated carbocycles. The van der Waals surface area contributed by atoms with Crippen molar-refractivity contribution in [2.24, 2.45) is 0 Å². The molecule has 0 radical (unpaired) electrons. The Bertz CT molecular complexity index is 2240. The molecule has 8 aromatic rings. The van der Waals surface area contributed by atoms with E-state index < -0.39 is 0 Å². The van der Waals surface area contributed by atoms with Crippen molar-refractivity contribution in [3.8, 4) is 44.6 Å². The van der Waals surface area contributed by atoms with Crippen molar-refractivity contribution in [1.29, 1.82) is 0 Å². The SMILES string of the molecule is Cc1ncccc1-c1ccc(-c2cccc(-c3c4ccccc4c(-c4ccc5ccccc5c4)c4ccccc34)c2)cn1. The molecule has 43 heavy (non-hydrogen) atoms. The molecule has 2 aromatic heterocycles. The smallest absolute Gasteiger partial charge is 0.0720 e. The summed E-state index contributed by atoms with van der Waals surface area (Å²) in [6.45, 7) is 2.02. The van der Waals surface area contributed by atoms with Crippen molar-refractivity contribution in [1.82, 2.24) is 9.97 Å². The average molecular weight is 549 g/mol. The van der Waals surface area contributed by atoms with Crippen molar-refractivity contribution in [2.45, 2.75) is 6.92 Å². The lowest BCUT2D eigenvalue weighted by molar-refractivity contribution is 1.19. The largest absolute Gasteiger partial charge is 0.261 e. The Morgan fingerprint density at radius 3 is 1.67 bits per heavy atom. The van der Waals surface area contributed by atoms with Crippen molar-refractivity contribution < 1.29 is 0 Å². The first-order chi connectivity index (χ1) is 21.2. The van der Waals surface area contributed by atoms with Gasteiger partial charge in [0.15, 0.2) is 0 Å². The van der Waals surface area contributed by atoms with E-state index in [4.69, 9.17) is 4.98 Å². The molecular formula is C41H28N2. The lowest BCUT2D eigenvalue weighted by atomic mass is 9.85. The van der Waals surface area contributed by atoms with Gasteiger partial charge < -0.3 is 0 Å². The highest BCUT2D eigenvalue weighted by atomic mass is 14.7. The highest BCUT2D eigenvalue weighted by molar-refractivity contribution is 6.21. The predicted molar refractivity (Wildman–Crippen MR) is 181 cm³/mol. The molecule has 0 fully saturated rings. The Morgan fingerprint density at radius 1 is 0.419 bits per heavy atom. The summed E-state index contributed by atoms with van der Waals surface area (Å²) in [4.78, 5) is 9.24. The molecule has 0 aliphatic carbocycles. The van der Waals surface area contributed by atoms with Crippen LogP contribution < -0.4 is 0 Å². The van der Waals surface area contributed by atoms with Crippen LogP contribution >= 0.6 is 0 Å². The summed E-state index contributed by atoms with van der Waals surface area (Å²) < 4.78 is 0. The molecule has 0 amide bonds. The quantitative estimate of drug-likeness (QED) is 0.204. The first kappa shape index (κ1) is 25.1. The maximum Gasteiger partial charge on any atom is 0.0720 e. The third-order valence-corrected chi connectivity index (χ3v) is 8.50. The van der Waals surface area contributed by atoms with Crippen LogP contribution in [0.3, 0.4) is 0 Å². The van der Waals surface area contributed by atoms with Crippen molar-refractivity contribution in [2.75, 3.05) is 0 Å². The molecule has 0 aliphatic heterocycles. The standard InChI is InChI=1S/C41H28N2/c1-27-34(18-9-23-42-27)39-22-21-33(26-43-39)30-12-8-13-31(25-30)40-35-14-4-6-16-37(35)41(38-17-7-5-15-36(38)40)32-20-19-28-10-2-3-11-29(28)24-32/h2-26H,1H3. The van der Waals surface area contributed by atoms with Gasteiger partial charge in [-0.2, -0.15) is 0 Å². The van der Waals surface area contributed by atoms with Gasteiger partial charge in [0.05, 0.1) is 5.69 Å². The van der Waals surface area contributed by atoms with Crippen LogP contribution in [0, 0.1) is 6.92 Å². The number of aryl methyl sites for hydroxylation is 1. The molecule has 0 unspecified atom stereocenters. The normalized spacial score (nSPS) is 11.4. The molecule has 6 aromatic carbocycles. The molecule has 8 rings (SSSR count). The predicted octanol–water partition coefficient (Wildman–Crippen LogP) is 10.9. The molecular weight excluding hydrogens is 520 g/mol. The van der Waals surface area contributed by atoms with Gasteiger partial charge in [-0.05, 0) is 97.4 Å². The summed E-state index contributed by atoms with van der Waals surface area (Å²) in [5.41, 5.74) is 10.2.